The first-order valence-corrected chi connectivity index (χ1v) is 6.86. The van der Waals surface area contributed by atoms with Crippen LogP contribution in [0.5, 0.6) is 0 Å². The molecule has 0 atom stereocenters. The van der Waals surface area contributed by atoms with Crippen LogP contribution >= 0.6 is 0 Å². The topological polar surface area (TPSA) is 46.2 Å². The van der Waals surface area contributed by atoms with Gasteiger partial charge in [0.05, 0.1) is 4.90 Å². The normalized spacial score (nSPS) is 12.8. The van der Waals surface area contributed by atoms with Crippen molar-refractivity contribution < 1.29 is 8.42 Å². The molecular formula is C12H19NO2S. The third-order valence-corrected chi connectivity index (χ3v) is 3.94. The zero-order valence-corrected chi connectivity index (χ0v) is 11.1. The molecule has 0 aliphatic rings. The first kappa shape index (κ1) is 13.2. The highest BCUT2D eigenvalue weighted by Crippen LogP contribution is 2.17. The van der Waals surface area contributed by atoms with Gasteiger partial charge in [-0.2, -0.15) is 0 Å². The van der Waals surface area contributed by atoms with E-state index in [1.807, 2.05) is 39.8 Å². The van der Waals surface area contributed by atoms with E-state index in [4.69, 9.17) is 0 Å². The molecule has 0 radical (unpaired) electrons. The van der Waals surface area contributed by atoms with Gasteiger partial charge in [0, 0.05) is 5.54 Å². The Hall–Kier alpha value is -0.870. The molecule has 1 aromatic carbocycles. The molecule has 16 heavy (non-hydrogen) atoms. The van der Waals surface area contributed by atoms with Crippen LogP contribution in [0.25, 0.3) is 0 Å². The number of benzene rings is 1. The van der Waals surface area contributed by atoms with Crippen molar-refractivity contribution in [3.63, 3.8) is 0 Å². The summed E-state index contributed by atoms with van der Waals surface area (Å²) in [4.78, 5) is 0.382. The Morgan fingerprint density at radius 2 is 1.75 bits per heavy atom. The molecule has 0 aliphatic carbocycles. The van der Waals surface area contributed by atoms with Crippen LogP contribution in [0.15, 0.2) is 29.2 Å². The Labute approximate surface area is 97.9 Å². The van der Waals surface area contributed by atoms with E-state index >= 15 is 0 Å². The summed E-state index contributed by atoms with van der Waals surface area (Å²) in [7, 11) is -3.41. The summed E-state index contributed by atoms with van der Waals surface area (Å²) in [5, 5.41) is 0. The van der Waals surface area contributed by atoms with E-state index in [-0.39, 0.29) is 0 Å². The third kappa shape index (κ3) is 3.32. The van der Waals surface area contributed by atoms with Crippen LogP contribution < -0.4 is 4.72 Å². The van der Waals surface area contributed by atoms with Crippen molar-refractivity contribution in [3.05, 3.63) is 29.8 Å². The van der Waals surface area contributed by atoms with Gasteiger partial charge in [0.25, 0.3) is 0 Å². The summed E-state index contributed by atoms with van der Waals surface area (Å²) in [6.45, 7) is 7.45. The lowest BCUT2D eigenvalue weighted by Crippen LogP contribution is -2.40. The second-order valence-electron chi connectivity index (χ2n) is 4.82. The number of rotatable bonds is 3. The molecule has 90 valence electrons. The van der Waals surface area contributed by atoms with Gasteiger partial charge in [-0.1, -0.05) is 25.1 Å². The molecule has 0 heterocycles. The SMILES string of the molecule is CCc1ccccc1S(=O)(=O)NC(C)(C)C. The molecule has 0 fully saturated rings. The monoisotopic (exact) mass is 241 g/mol. The number of hydrogen-bond donors (Lipinski definition) is 1. The van der Waals surface area contributed by atoms with Gasteiger partial charge >= 0.3 is 0 Å². The van der Waals surface area contributed by atoms with Gasteiger partial charge in [0.15, 0.2) is 0 Å². The van der Waals surface area contributed by atoms with Crippen molar-refractivity contribution in [2.75, 3.05) is 0 Å². The minimum absolute atomic E-state index is 0.382. The zero-order valence-electron chi connectivity index (χ0n) is 10.2. The number of sulfonamides is 1. The lowest BCUT2D eigenvalue weighted by atomic mass is 10.1. The van der Waals surface area contributed by atoms with Gasteiger partial charge in [-0.3, -0.25) is 0 Å². The molecule has 3 nitrogen and oxygen atoms in total. The van der Waals surface area contributed by atoms with E-state index in [9.17, 15) is 8.42 Å². The second-order valence-corrected chi connectivity index (χ2v) is 6.47. The maximum absolute atomic E-state index is 12.1. The van der Waals surface area contributed by atoms with Gasteiger partial charge in [-0.05, 0) is 38.8 Å². The highest BCUT2D eigenvalue weighted by atomic mass is 32.2. The minimum atomic E-state index is -3.41. The van der Waals surface area contributed by atoms with Crippen molar-refractivity contribution in [3.8, 4) is 0 Å². The second kappa shape index (κ2) is 4.55. The molecule has 4 heteroatoms. The van der Waals surface area contributed by atoms with Crippen molar-refractivity contribution in [1.29, 1.82) is 0 Å². The Balaban J connectivity index is 3.17. The molecule has 0 aromatic heterocycles. The predicted molar refractivity (Wildman–Crippen MR) is 65.9 cm³/mol. The van der Waals surface area contributed by atoms with Crippen LogP contribution in [-0.2, 0) is 16.4 Å². The highest BCUT2D eigenvalue weighted by molar-refractivity contribution is 7.89. The fraction of sp³-hybridized carbons (Fsp3) is 0.500. The van der Waals surface area contributed by atoms with Crippen LogP contribution in [0, 0.1) is 0 Å². The van der Waals surface area contributed by atoms with E-state index in [1.54, 1.807) is 12.1 Å². The number of hydrogen-bond acceptors (Lipinski definition) is 2. The molecule has 0 amide bonds. The van der Waals surface area contributed by atoms with Gasteiger partial charge in [-0.15, -0.1) is 0 Å². The van der Waals surface area contributed by atoms with Crippen LogP contribution in [0.2, 0.25) is 0 Å². The quantitative estimate of drug-likeness (QED) is 0.882. The summed E-state index contributed by atoms with van der Waals surface area (Å²) in [5.74, 6) is 0. The van der Waals surface area contributed by atoms with Gasteiger partial charge < -0.3 is 0 Å². The van der Waals surface area contributed by atoms with Crippen LogP contribution in [-0.4, -0.2) is 14.0 Å². The van der Waals surface area contributed by atoms with Crippen molar-refractivity contribution in [2.45, 2.75) is 44.6 Å². The fourth-order valence-electron chi connectivity index (χ4n) is 1.52. The first-order valence-electron chi connectivity index (χ1n) is 5.38. The Morgan fingerprint density at radius 1 is 1.19 bits per heavy atom. The maximum atomic E-state index is 12.1. The predicted octanol–water partition coefficient (Wildman–Crippen LogP) is 2.33. The molecule has 0 spiro atoms. The zero-order chi connectivity index (χ0) is 12.4. The van der Waals surface area contributed by atoms with Crippen LogP contribution in [0.1, 0.15) is 33.3 Å². The molecule has 0 saturated heterocycles. The van der Waals surface area contributed by atoms with E-state index in [0.717, 1.165) is 5.56 Å². The molecule has 0 saturated carbocycles. The minimum Gasteiger partial charge on any atom is -0.207 e. The van der Waals surface area contributed by atoms with Crippen molar-refractivity contribution in [2.24, 2.45) is 0 Å². The van der Waals surface area contributed by atoms with E-state index in [0.29, 0.717) is 11.3 Å². The van der Waals surface area contributed by atoms with Gasteiger partial charge in [-0.25, -0.2) is 13.1 Å². The number of aryl methyl sites for hydroxylation is 1. The standard InChI is InChI=1S/C12H19NO2S/c1-5-10-8-6-7-9-11(10)16(14,15)13-12(2,3)4/h6-9,13H,5H2,1-4H3. The summed E-state index contributed by atoms with van der Waals surface area (Å²) < 4.78 is 26.9. The largest absolute Gasteiger partial charge is 0.241 e. The first-order chi connectivity index (χ1) is 7.26. The molecule has 1 N–H and O–H groups in total. The van der Waals surface area contributed by atoms with E-state index < -0.39 is 15.6 Å². The molecular weight excluding hydrogens is 222 g/mol. The van der Waals surface area contributed by atoms with Crippen molar-refractivity contribution >= 4 is 10.0 Å². The summed E-state index contributed by atoms with van der Waals surface area (Å²) in [5.41, 5.74) is 0.388. The molecule has 0 bridgehead atoms. The average molecular weight is 241 g/mol. The highest BCUT2D eigenvalue weighted by Gasteiger charge is 2.23. The fourth-order valence-corrected chi connectivity index (χ4v) is 3.25. The van der Waals surface area contributed by atoms with E-state index in [1.165, 1.54) is 0 Å². The van der Waals surface area contributed by atoms with Gasteiger partial charge in [0.1, 0.15) is 0 Å². The third-order valence-electron chi connectivity index (χ3n) is 2.08. The van der Waals surface area contributed by atoms with E-state index in [2.05, 4.69) is 4.72 Å². The molecule has 0 aliphatic heterocycles. The smallest absolute Gasteiger partial charge is 0.207 e. The maximum Gasteiger partial charge on any atom is 0.241 e. The molecule has 0 unspecified atom stereocenters. The van der Waals surface area contributed by atoms with Crippen molar-refractivity contribution in [1.82, 2.24) is 4.72 Å². The lowest BCUT2D eigenvalue weighted by Gasteiger charge is -2.21. The van der Waals surface area contributed by atoms with Gasteiger partial charge in [0.2, 0.25) is 10.0 Å². The Kier molecular flexibility index (Phi) is 3.76. The van der Waals surface area contributed by atoms with Crippen LogP contribution in [0.3, 0.4) is 0 Å². The summed E-state index contributed by atoms with van der Waals surface area (Å²) >= 11 is 0. The Bertz CT molecular complexity index is 458. The summed E-state index contributed by atoms with van der Waals surface area (Å²) in [6.07, 6.45) is 0.710. The lowest BCUT2D eigenvalue weighted by molar-refractivity contribution is 0.491. The molecule has 1 aromatic rings. The number of nitrogens with one attached hydrogen (secondary N) is 1. The molecule has 1 rings (SSSR count). The average Bonchev–Trinajstić information content (AvgIpc) is 2.14. The summed E-state index contributed by atoms with van der Waals surface area (Å²) in [6, 6.07) is 7.09. The van der Waals surface area contributed by atoms with Crippen LogP contribution in [0.4, 0.5) is 0 Å². The Morgan fingerprint density at radius 3 is 2.25 bits per heavy atom.